The van der Waals surface area contributed by atoms with Crippen molar-refractivity contribution in [3.05, 3.63) is 30.6 Å². The average Bonchev–Trinajstić information content (AvgIpc) is 3.10. The van der Waals surface area contributed by atoms with E-state index in [9.17, 15) is 4.79 Å². The van der Waals surface area contributed by atoms with Crippen molar-refractivity contribution in [3.63, 3.8) is 0 Å². The Bertz CT molecular complexity index is 623. The van der Waals surface area contributed by atoms with E-state index in [1.54, 1.807) is 11.6 Å². The van der Waals surface area contributed by atoms with Crippen LogP contribution >= 0.6 is 0 Å². The van der Waals surface area contributed by atoms with Gasteiger partial charge in [-0.05, 0) is 48.7 Å². The zero-order chi connectivity index (χ0) is 15.4. The minimum absolute atomic E-state index is 0.0486. The number of amides is 1. The molecule has 2 aromatic rings. The van der Waals surface area contributed by atoms with E-state index in [0.29, 0.717) is 5.75 Å². The molecule has 7 nitrogen and oxygen atoms in total. The van der Waals surface area contributed by atoms with Gasteiger partial charge >= 0.3 is 0 Å². The molecule has 1 aliphatic heterocycles. The summed E-state index contributed by atoms with van der Waals surface area (Å²) < 4.78 is 7.34. The van der Waals surface area contributed by atoms with E-state index in [-0.39, 0.29) is 5.91 Å². The van der Waals surface area contributed by atoms with Crippen LogP contribution in [0.4, 0.5) is 0 Å². The van der Waals surface area contributed by atoms with E-state index in [0.717, 1.165) is 31.6 Å². The van der Waals surface area contributed by atoms with E-state index in [1.165, 1.54) is 12.7 Å². The molecule has 1 amide bonds. The minimum Gasteiger partial charge on any atom is -0.481 e. The predicted octanol–water partition coefficient (Wildman–Crippen LogP) is 1.44. The Morgan fingerprint density at radius 3 is 2.82 bits per heavy atom. The minimum atomic E-state index is -0.498. The molecular weight excluding hydrogens is 282 g/mol. The number of rotatable bonds is 4. The van der Waals surface area contributed by atoms with Crippen molar-refractivity contribution in [3.8, 4) is 11.4 Å². The number of nitrogens with zero attached hydrogens (tertiary/aromatic N) is 5. The van der Waals surface area contributed by atoms with Crippen molar-refractivity contribution in [2.75, 3.05) is 13.1 Å². The highest BCUT2D eigenvalue weighted by Crippen LogP contribution is 2.18. The van der Waals surface area contributed by atoms with Crippen molar-refractivity contribution in [2.45, 2.75) is 32.3 Å². The normalized spacial score (nSPS) is 16.3. The zero-order valence-corrected chi connectivity index (χ0v) is 12.6. The van der Waals surface area contributed by atoms with Crippen LogP contribution in [0.5, 0.6) is 5.75 Å². The smallest absolute Gasteiger partial charge is 0.263 e. The second-order valence-corrected chi connectivity index (χ2v) is 5.40. The van der Waals surface area contributed by atoms with E-state index in [2.05, 4.69) is 15.5 Å². The quantitative estimate of drug-likeness (QED) is 0.854. The van der Waals surface area contributed by atoms with Crippen LogP contribution in [0.3, 0.4) is 0 Å². The van der Waals surface area contributed by atoms with Gasteiger partial charge in [0.05, 0.1) is 5.69 Å². The summed E-state index contributed by atoms with van der Waals surface area (Å²) in [5.41, 5.74) is 0.792. The third kappa shape index (κ3) is 3.24. The molecule has 3 rings (SSSR count). The molecule has 0 unspecified atom stereocenters. The SMILES string of the molecule is C[C@@H](Oc1cccc(-n2cnnn2)c1)C(=O)N1CCCCC1. The second-order valence-electron chi connectivity index (χ2n) is 5.40. The Morgan fingerprint density at radius 2 is 2.09 bits per heavy atom. The third-order valence-corrected chi connectivity index (χ3v) is 3.76. The maximum Gasteiger partial charge on any atom is 0.263 e. The molecule has 1 atom stereocenters. The monoisotopic (exact) mass is 301 g/mol. The van der Waals surface area contributed by atoms with Gasteiger partial charge in [0.1, 0.15) is 12.1 Å². The lowest BCUT2D eigenvalue weighted by Gasteiger charge is -2.29. The highest BCUT2D eigenvalue weighted by Gasteiger charge is 2.23. The molecule has 1 aromatic carbocycles. The van der Waals surface area contributed by atoms with E-state index >= 15 is 0 Å². The lowest BCUT2D eigenvalue weighted by molar-refractivity contribution is -0.138. The summed E-state index contributed by atoms with van der Waals surface area (Å²) in [6.07, 6.45) is 4.37. The highest BCUT2D eigenvalue weighted by atomic mass is 16.5. The molecular formula is C15H19N5O2. The molecule has 2 heterocycles. The van der Waals surface area contributed by atoms with Gasteiger partial charge in [0.15, 0.2) is 6.10 Å². The molecule has 116 valence electrons. The van der Waals surface area contributed by atoms with Gasteiger partial charge in [-0.25, -0.2) is 4.68 Å². The van der Waals surface area contributed by atoms with E-state index in [4.69, 9.17) is 4.74 Å². The fourth-order valence-electron chi connectivity index (χ4n) is 2.60. The van der Waals surface area contributed by atoms with Gasteiger partial charge in [-0.3, -0.25) is 4.79 Å². The van der Waals surface area contributed by atoms with Gasteiger partial charge in [0, 0.05) is 19.2 Å². The van der Waals surface area contributed by atoms with Crippen LogP contribution in [0.1, 0.15) is 26.2 Å². The first kappa shape index (κ1) is 14.5. The molecule has 22 heavy (non-hydrogen) atoms. The fraction of sp³-hybridized carbons (Fsp3) is 0.467. The summed E-state index contributed by atoms with van der Waals surface area (Å²) in [6.45, 7) is 3.45. The lowest BCUT2D eigenvalue weighted by Crippen LogP contribution is -2.43. The maximum atomic E-state index is 12.4. The number of carbonyl (C=O) groups is 1. The van der Waals surface area contributed by atoms with Crippen LogP contribution in [-0.2, 0) is 4.79 Å². The number of hydrogen-bond acceptors (Lipinski definition) is 5. The molecule has 1 aromatic heterocycles. The van der Waals surface area contributed by atoms with Crippen molar-refractivity contribution in [1.29, 1.82) is 0 Å². The largest absolute Gasteiger partial charge is 0.481 e. The van der Waals surface area contributed by atoms with Gasteiger partial charge in [-0.15, -0.1) is 5.10 Å². The van der Waals surface area contributed by atoms with Crippen molar-refractivity contribution < 1.29 is 9.53 Å². The Labute approximate surface area is 128 Å². The van der Waals surface area contributed by atoms with Crippen LogP contribution < -0.4 is 4.74 Å². The van der Waals surface area contributed by atoms with Crippen LogP contribution in [-0.4, -0.2) is 50.2 Å². The van der Waals surface area contributed by atoms with Gasteiger partial charge in [-0.1, -0.05) is 6.07 Å². The highest BCUT2D eigenvalue weighted by molar-refractivity contribution is 5.81. The first-order valence-electron chi connectivity index (χ1n) is 7.53. The molecule has 0 saturated carbocycles. The van der Waals surface area contributed by atoms with Gasteiger partial charge in [-0.2, -0.15) is 0 Å². The zero-order valence-electron chi connectivity index (χ0n) is 12.6. The summed E-state index contributed by atoms with van der Waals surface area (Å²) in [5.74, 6) is 0.679. The molecule has 0 bridgehead atoms. The Balaban J connectivity index is 1.67. The Hall–Kier alpha value is -2.44. The number of aromatic nitrogens is 4. The Morgan fingerprint density at radius 1 is 1.27 bits per heavy atom. The number of likely N-dealkylation sites (tertiary alicyclic amines) is 1. The lowest BCUT2D eigenvalue weighted by atomic mass is 10.1. The summed E-state index contributed by atoms with van der Waals surface area (Å²) >= 11 is 0. The molecule has 0 aliphatic carbocycles. The van der Waals surface area contributed by atoms with Gasteiger partial charge < -0.3 is 9.64 Å². The number of tetrazole rings is 1. The van der Waals surface area contributed by atoms with Crippen molar-refractivity contribution in [2.24, 2.45) is 0 Å². The van der Waals surface area contributed by atoms with Crippen molar-refractivity contribution >= 4 is 5.91 Å². The molecule has 1 aliphatic rings. The number of piperidine rings is 1. The van der Waals surface area contributed by atoms with Crippen LogP contribution in [0, 0.1) is 0 Å². The van der Waals surface area contributed by atoms with Crippen molar-refractivity contribution in [1.82, 2.24) is 25.1 Å². The van der Waals surface area contributed by atoms with E-state index in [1.807, 2.05) is 29.2 Å². The standard InChI is InChI=1S/C15H19N5O2/c1-12(15(21)19-8-3-2-4-9-19)22-14-7-5-6-13(10-14)20-11-16-17-18-20/h5-7,10-12H,2-4,8-9H2,1H3/t12-/m1/s1. The number of carbonyl (C=O) groups excluding carboxylic acids is 1. The second kappa shape index (κ2) is 6.55. The molecule has 7 heteroatoms. The Kier molecular flexibility index (Phi) is 4.32. The van der Waals surface area contributed by atoms with Gasteiger partial charge in [0.2, 0.25) is 0 Å². The first-order valence-corrected chi connectivity index (χ1v) is 7.53. The molecule has 0 radical (unpaired) electrons. The molecule has 0 spiro atoms. The fourth-order valence-corrected chi connectivity index (χ4v) is 2.60. The molecule has 0 N–H and O–H groups in total. The van der Waals surface area contributed by atoms with E-state index < -0.39 is 6.10 Å². The summed E-state index contributed by atoms with van der Waals surface area (Å²) in [6, 6.07) is 7.37. The third-order valence-electron chi connectivity index (χ3n) is 3.76. The van der Waals surface area contributed by atoms with Crippen LogP contribution in [0.25, 0.3) is 5.69 Å². The molecule has 1 saturated heterocycles. The summed E-state index contributed by atoms with van der Waals surface area (Å²) in [4.78, 5) is 14.3. The molecule has 1 fully saturated rings. The predicted molar refractivity (Wildman–Crippen MR) is 79.7 cm³/mol. The average molecular weight is 301 g/mol. The van der Waals surface area contributed by atoms with Crippen LogP contribution in [0.2, 0.25) is 0 Å². The van der Waals surface area contributed by atoms with Gasteiger partial charge in [0.25, 0.3) is 5.91 Å². The topological polar surface area (TPSA) is 73.1 Å². The number of hydrogen-bond donors (Lipinski definition) is 0. The number of benzene rings is 1. The maximum absolute atomic E-state index is 12.4. The summed E-state index contributed by atoms with van der Waals surface area (Å²) in [5, 5.41) is 11.1. The van der Waals surface area contributed by atoms with Crippen LogP contribution in [0.15, 0.2) is 30.6 Å². The summed E-state index contributed by atoms with van der Waals surface area (Å²) in [7, 11) is 0. The number of ether oxygens (including phenoxy) is 1. The first-order chi connectivity index (χ1) is 10.7.